The number of para-hydroxylation sites is 1. The number of nitrogens with zero attached hydrogens (tertiary/aromatic N) is 2. The van der Waals surface area contributed by atoms with E-state index in [-0.39, 0.29) is 24.2 Å². The van der Waals surface area contributed by atoms with Gasteiger partial charge in [-0.15, -0.1) is 0 Å². The van der Waals surface area contributed by atoms with Crippen LogP contribution in [0.25, 0.3) is 0 Å². The molecule has 0 aliphatic carbocycles. The number of guanidine groups is 2. The molecule has 2 aliphatic heterocycles. The Morgan fingerprint density at radius 2 is 1.87 bits per heavy atom. The summed E-state index contributed by atoms with van der Waals surface area (Å²) >= 11 is 0. The number of rotatable bonds is 4. The summed E-state index contributed by atoms with van der Waals surface area (Å²) in [7, 11) is 0. The predicted octanol–water partition coefficient (Wildman–Crippen LogP) is 1.07. The maximum absolute atomic E-state index is 12.3. The summed E-state index contributed by atoms with van der Waals surface area (Å²) in [6.45, 7) is 0.941. The van der Waals surface area contributed by atoms with Crippen LogP contribution in [0.15, 0.2) is 58.5 Å². The second-order valence-corrected chi connectivity index (χ2v) is 6.56. The van der Waals surface area contributed by atoms with Crippen molar-refractivity contribution in [3.8, 4) is 11.5 Å². The third-order valence-corrected chi connectivity index (χ3v) is 4.29. The van der Waals surface area contributed by atoms with Crippen LogP contribution in [0, 0.1) is 0 Å². The minimum atomic E-state index is -0.884. The van der Waals surface area contributed by atoms with Crippen molar-refractivity contribution in [3.63, 3.8) is 0 Å². The SMILES string of the molecule is NC(=NC1=N[C@@H](CC(=O)Nc2ccc3c(c2)OCCO3)C(=O)N1)Nc1ccccc1. The number of hydrogen-bond acceptors (Lipinski definition) is 6. The van der Waals surface area contributed by atoms with E-state index in [0.29, 0.717) is 30.4 Å². The van der Waals surface area contributed by atoms with E-state index in [0.717, 1.165) is 5.69 Å². The van der Waals surface area contributed by atoms with Gasteiger partial charge in [-0.05, 0) is 24.3 Å². The molecule has 0 aromatic heterocycles. The minimum absolute atomic E-state index is 0.0538. The number of anilines is 2. The monoisotopic (exact) mass is 408 g/mol. The van der Waals surface area contributed by atoms with Gasteiger partial charge in [-0.1, -0.05) is 18.2 Å². The highest BCUT2D eigenvalue weighted by atomic mass is 16.6. The fraction of sp³-hybridized carbons (Fsp3) is 0.200. The third-order valence-electron chi connectivity index (χ3n) is 4.29. The molecule has 0 radical (unpaired) electrons. The zero-order valence-corrected chi connectivity index (χ0v) is 15.9. The second kappa shape index (κ2) is 8.52. The van der Waals surface area contributed by atoms with Crippen LogP contribution in [0.4, 0.5) is 11.4 Å². The van der Waals surface area contributed by atoms with Crippen molar-refractivity contribution in [1.82, 2.24) is 5.32 Å². The number of carbonyl (C=O) groups excluding carboxylic acids is 2. The summed E-state index contributed by atoms with van der Waals surface area (Å²) in [6, 6.07) is 13.4. The summed E-state index contributed by atoms with van der Waals surface area (Å²) in [5, 5.41) is 8.14. The lowest BCUT2D eigenvalue weighted by atomic mass is 10.2. The minimum Gasteiger partial charge on any atom is -0.486 e. The largest absolute Gasteiger partial charge is 0.486 e. The average Bonchev–Trinajstić information content (AvgIpc) is 3.06. The molecule has 2 aliphatic rings. The maximum atomic E-state index is 12.3. The van der Waals surface area contributed by atoms with E-state index >= 15 is 0 Å². The van der Waals surface area contributed by atoms with Gasteiger partial charge in [0.25, 0.3) is 5.91 Å². The topological polar surface area (TPSA) is 139 Å². The molecule has 1 atom stereocenters. The Kier molecular flexibility index (Phi) is 5.46. The number of hydrogen-bond donors (Lipinski definition) is 4. The number of aliphatic imine (C=N–C) groups is 2. The van der Waals surface area contributed by atoms with Gasteiger partial charge >= 0.3 is 0 Å². The van der Waals surface area contributed by atoms with Crippen LogP contribution in [0.2, 0.25) is 0 Å². The molecular weight excluding hydrogens is 388 g/mol. The molecule has 10 heteroatoms. The zero-order valence-electron chi connectivity index (χ0n) is 15.9. The second-order valence-electron chi connectivity index (χ2n) is 6.56. The summed E-state index contributed by atoms with van der Waals surface area (Å²) in [5.41, 5.74) is 7.13. The van der Waals surface area contributed by atoms with E-state index < -0.39 is 11.9 Å². The Balaban J connectivity index is 1.36. The molecule has 0 unspecified atom stereocenters. The maximum Gasteiger partial charge on any atom is 0.252 e. The van der Waals surface area contributed by atoms with Crippen molar-refractivity contribution < 1.29 is 19.1 Å². The Bertz CT molecular complexity index is 1020. The van der Waals surface area contributed by atoms with E-state index in [1.807, 2.05) is 30.3 Å². The van der Waals surface area contributed by atoms with Gasteiger partial charge in [-0.3, -0.25) is 14.9 Å². The van der Waals surface area contributed by atoms with Crippen LogP contribution in [-0.2, 0) is 9.59 Å². The van der Waals surface area contributed by atoms with E-state index in [2.05, 4.69) is 25.9 Å². The number of ether oxygens (including phenoxy) is 2. The summed E-state index contributed by atoms with van der Waals surface area (Å²) in [5.74, 6) is 0.534. The smallest absolute Gasteiger partial charge is 0.252 e. The lowest BCUT2D eigenvalue weighted by molar-refractivity contribution is -0.123. The van der Waals surface area contributed by atoms with Crippen molar-refractivity contribution in [2.45, 2.75) is 12.5 Å². The van der Waals surface area contributed by atoms with Crippen molar-refractivity contribution in [1.29, 1.82) is 0 Å². The number of carbonyl (C=O) groups is 2. The Hall–Kier alpha value is -4.08. The van der Waals surface area contributed by atoms with Crippen molar-refractivity contribution in [2.75, 3.05) is 23.8 Å². The number of fused-ring (bicyclic) bond motifs is 1. The summed E-state index contributed by atoms with van der Waals surface area (Å²) < 4.78 is 10.9. The average molecular weight is 408 g/mol. The summed E-state index contributed by atoms with van der Waals surface area (Å²) in [4.78, 5) is 32.7. The highest BCUT2D eigenvalue weighted by molar-refractivity contribution is 6.11. The first kappa shape index (κ1) is 19.2. The molecule has 30 heavy (non-hydrogen) atoms. The van der Waals surface area contributed by atoms with Gasteiger partial charge in [0.1, 0.15) is 19.3 Å². The molecule has 0 saturated carbocycles. The Labute approximate surface area is 172 Å². The van der Waals surface area contributed by atoms with Gasteiger partial charge in [0.15, 0.2) is 11.5 Å². The van der Waals surface area contributed by atoms with Crippen molar-refractivity contribution >= 4 is 35.1 Å². The first-order chi connectivity index (χ1) is 14.6. The quantitative estimate of drug-likeness (QED) is 0.441. The van der Waals surface area contributed by atoms with Crippen LogP contribution in [-0.4, -0.2) is 43.0 Å². The molecule has 0 spiro atoms. The van der Waals surface area contributed by atoms with Crippen LogP contribution in [0.3, 0.4) is 0 Å². The molecule has 5 N–H and O–H groups in total. The van der Waals surface area contributed by atoms with Crippen molar-refractivity contribution in [2.24, 2.45) is 15.7 Å². The first-order valence-corrected chi connectivity index (χ1v) is 9.31. The number of amides is 2. The zero-order chi connectivity index (χ0) is 20.9. The predicted molar refractivity (Wildman–Crippen MR) is 112 cm³/mol. The molecule has 0 saturated heterocycles. The first-order valence-electron chi connectivity index (χ1n) is 9.31. The van der Waals surface area contributed by atoms with Gasteiger partial charge < -0.3 is 25.8 Å². The van der Waals surface area contributed by atoms with E-state index in [1.54, 1.807) is 18.2 Å². The van der Waals surface area contributed by atoms with Crippen LogP contribution < -0.4 is 31.2 Å². The van der Waals surface area contributed by atoms with Crippen molar-refractivity contribution in [3.05, 3.63) is 48.5 Å². The molecule has 154 valence electrons. The third kappa shape index (κ3) is 4.66. The summed E-state index contributed by atoms with van der Waals surface area (Å²) in [6.07, 6.45) is -0.134. The fourth-order valence-electron chi connectivity index (χ4n) is 2.95. The lowest BCUT2D eigenvalue weighted by Gasteiger charge is -2.19. The van der Waals surface area contributed by atoms with Crippen LogP contribution >= 0.6 is 0 Å². The van der Waals surface area contributed by atoms with Gasteiger partial charge in [-0.2, -0.15) is 4.99 Å². The van der Waals surface area contributed by atoms with Gasteiger partial charge in [0.2, 0.25) is 17.8 Å². The molecule has 4 rings (SSSR count). The highest BCUT2D eigenvalue weighted by Gasteiger charge is 2.29. The highest BCUT2D eigenvalue weighted by Crippen LogP contribution is 2.32. The van der Waals surface area contributed by atoms with E-state index in [4.69, 9.17) is 15.2 Å². The molecule has 2 heterocycles. The molecular formula is C20H20N6O4. The Morgan fingerprint density at radius 3 is 2.67 bits per heavy atom. The van der Waals surface area contributed by atoms with Crippen LogP contribution in [0.5, 0.6) is 11.5 Å². The molecule has 10 nitrogen and oxygen atoms in total. The molecule has 2 aromatic rings. The van der Waals surface area contributed by atoms with Crippen LogP contribution in [0.1, 0.15) is 6.42 Å². The number of nitrogens with one attached hydrogen (secondary N) is 3. The lowest BCUT2D eigenvalue weighted by Crippen LogP contribution is -2.32. The Morgan fingerprint density at radius 1 is 1.10 bits per heavy atom. The molecule has 2 aromatic carbocycles. The van der Waals surface area contributed by atoms with E-state index in [9.17, 15) is 9.59 Å². The molecule has 0 fully saturated rings. The van der Waals surface area contributed by atoms with Gasteiger partial charge in [-0.25, -0.2) is 4.99 Å². The molecule has 2 amide bonds. The number of benzene rings is 2. The number of nitrogens with two attached hydrogens (primary N) is 1. The molecule has 0 bridgehead atoms. The fourth-order valence-corrected chi connectivity index (χ4v) is 2.95. The van der Waals surface area contributed by atoms with E-state index in [1.165, 1.54) is 0 Å². The van der Waals surface area contributed by atoms with Gasteiger partial charge in [0, 0.05) is 17.4 Å². The standard InChI is InChI=1S/C20H20N6O4/c21-19(23-12-4-2-1-3-5-12)26-20-24-14(18(28)25-20)11-17(27)22-13-6-7-15-16(10-13)30-9-8-29-15/h1-7,10,14H,8-9,11H2,(H,22,27)(H4,21,23,24,25,26,28)/t14-/m0/s1. The van der Waals surface area contributed by atoms with Gasteiger partial charge in [0.05, 0.1) is 6.42 Å². The normalized spacial score (nSPS) is 17.7.